The minimum absolute atomic E-state index is 0.0912. The van der Waals surface area contributed by atoms with E-state index in [1.54, 1.807) is 24.3 Å². The number of ketones is 1. The summed E-state index contributed by atoms with van der Waals surface area (Å²) in [6, 6.07) is 6.82. The quantitative estimate of drug-likeness (QED) is 0.535. The van der Waals surface area contributed by atoms with Crippen molar-refractivity contribution in [1.82, 2.24) is 15.6 Å². The Bertz CT molecular complexity index is 1080. The molecule has 1 aliphatic rings. The number of aromatic amines is 1. The van der Waals surface area contributed by atoms with Crippen LogP contribution in [0, 0.1) is 17.2 Å². The number of fused-ring (bicyclic) bond motifs is 1. The molecule has 2 amide bonds. The van der Waals surface area contributed by atoms with Gasteiger partial charge in [0.05, 0.1) is 13.2 Å². The molecule has 3 unspecified atom stereocenters. The molecule has 3 N–H and O–H groups in total. The Labute approximate surface area is 191 Å². The minimum Gasteiger partial charge on any atom is -0.496 e. The normalized spacial score (nSPS) is 17.9. The highest BCUT2D eigenvalue weighted by atomic mass is 19.1. The first kappa shape index (κ1) is 24.2. The number of hydrogen-bond acceptors (Lipinski definition) is 5. The Morgan fingerprint density at radius 1 is 1.36 bits per heavy atom. The Kier molecular flexibility index (Phi) is 7.36. The number of rotatable bonds is 9. The van der Waals surface area contributed by atoms with Gasteiger partial charge < -0.3 is 20.4 Å². The average Bonchev–Trinajstić information content (AvgIpc) is 3.37. The molecular weight excluding hydrogens is 427 g/mol. The summed E-state index contributed by atoms with van der Waals surface area (Å²) in [7, 11) is 1.52. The van der Waals surface area contributed by atoms with E-state index in [4.69, 9.17) is 4.74 Å². The van der Waals surface area contributed by atoms with E-state index in [2.05, 4.69) is 15.6 Å². The largest absolute Gasteiger partial charge is 0.496 e. The molecule has 1 aromatic heterocycles. The SMILES string of the molecule is COc1cccc2[nH]c(C(=O)NC(CC(C)(C)F)C(=O)NC(C#N)CC3CCCC3=O)cc12. The van der Waals surface area contributed by atoms with Crippen molar-refractivity contribution in [3.05, 3.63) is 30.0 Å². The molecule has 1 aromatic carbocycles. The number of methoxy groups -OCH3 is 1. The molecule has 33 heavy (non-hydrogen) atoms. The summed E-state index contributed by atoms with van der Waals surface area (Å²) >= 11 is 0. The number of carbonyl (C=O) groups excluding carboxylic acids is 3. The third-order valence-electron chi connectivity index (χ3n) is 5.82. The Morgan fingerprint density at radius 2 is 2.12 bits per heavy atom. The second-order valence-electron chi connectivity index (χ2n) is 9.03. The number of hydrogen-bond donors (Lipinski definition) is 3. The fourth-order valence-corrected chi connectivity index (χ4v) is 4.20. The van der Waals surface area contributed by atoms with Crippen LogP contribution in [-0.4, -0.2) is 47.4 Å². The zero-order chi connectivity index (χ0) is 24.2. The lowest BCUT2D eigenvalue weighted by Crippen LogP contribution is -2.51. The highest BCUT2D eigenvalue weighted by molar-refractivity contribution is 6.01. The van der Waals surface area contributed by atoms with Crippen molar-refractivity contribution in [2.24, 2.45) is 5.92 Å². The van der Waals surface area contributed by atoms with Crippen molar-refractivity contribution in [3.63, 3.8) is 0 Å². The van der Waals surface area contributed by atoms with Crippen molar-refractivity contribution in [3.8, 4) is 11.8 Å². The maximum absolute atomic E-state index is 14.5. The zero-order valence-electron chi connectivity index (χ0n) is 19.0. The highest BCUT2D eigenvalue weighted by Crippen LogP contribution is 2.27. The molecule has 0 spiro atoms. The molecule has 176 valence electrons. The fraction of sp³-hybridized carbons (Fsp3) is 0.500. The van der Waals surface area contributed by atoms with Crippen LogP contribution >= 0.6 is 0 Å². The molecule has 8 nitrogen and oxygen atoms in total. The number of nitrogens with zero attached hydrogens (tertiary/aromatic N) is 1. The van der Waals surface area contributed by atoms with E-state index in [-0.39, 0.29) is 30.2 Å². The molecule has 3 rings (SSSR count). The minimum atomic E-state index is -1.75. The number of ether oxygens (including phenoxy) is 1. The summed E-state index contributed by atoms with van der Waals surface area (Å²) in [4.78, 5) is 40.7. The second kappa shape index (κ2) is 10.0. The van der Waals surface area contributed by atoms with Crippen LogP contribution < -0.4 is 15.4 Å². The topological polar surface area (TPSA) is 124 Å². The van der Waals surface area contributed by atoms with Crippen molar-refractivity contribution in [1.29, 1.82) is 5.26 Å². The van der Waals surface area contributed by atoms with Crippen LogP contribution in [0.2, 0.25) is 0 Å². The van der Waals surface area contributed by atoms with E-state index in [1.807, 2.05) is 6.07 Å². The van der Waals surface area contributed by atoms with E-state index < -0.39 is 29.6 Å². The summed E-state index contributed by atoms with van der Waals surface area (Å²) in [6.07, 6.45) is 1.88. The number of aromatic nitrogens is 1. The highest BCUT2D eigenvalue weighted by Gasteiger charge is 2.33. The van der Waals surface area contributed by atoms with Crippen molar-refractivity contribution in [2.75, 3.05) is 7.11 Å². The predicted octanol–water partition coefficient (Wildman–Crippen LogP) is 3.18. The number of nitriles is 1. The van der Waals surface area contributed by atoms with E-state index >= 15 is 0 Å². The molecule has 1 aliphatic carbocycles. The van der Waals surface area contributed by atoms with Gasteiger partial charge in [0.25, 0.3) is 5.91 Å². The van der Waals surface area contributed by atoms with Crippen LogP contribution in [0.4, 0.5) is 4.39 Å². The van der Waals surface area contributed by atoms with Crippen LogP contribution in [0.15, 0.2) is 24.3 Å². The molecule has 1 heterocycles. The van der Waals surface area contributed by atoms with Crippen molar-refractivity contribution in [2.45, 2.75) is 63.7 Å². The van der Waals surface area contributed by atoms with Gasteiger partial charge in [0.2, 0.25) is 5.91 Å². The van der Waals surface area contributed by atoms with E-state index in [1.165, 1.54) is 21.0 Å². The summed E-state index contributed by atoms with van der Waals surface area (Å²) in [5.41, 5.74) is -0.878. The standard InChI is InChI=1S/C24H29FN4O4/c1-24(2,25)12-19(23(32)27-15(13-26)10-14-6-4-8-20(14)30)29-22(31)18-11-16-17(28-18)7-5-9-21(16)33-3/h5,7,9,11,14-15,19,28H,4,6,8,10,12H2,1-3H3,(H,27,32)(H,29,31). The maximum atomic E-state index is 14.5. The number of amides is 2. The van der Waals surface area contributed by atoms with Gasteiger partial charge in [0, 0.05) is 29.7 Å². The lowest BCUT2D eigenvalue weighted by atomic mass is 9.96. The zero-order valence-corrected chi connectivity index (χ0v) is 19.0. The fourth-order valence-electron chi connectivity index (χ4n) is 4.20. The van der Waals surface area contributed by atoms with E-state index in [0.717, 1.165) is 6.42 Å². The monoisotopic (exact) mass is 456 g/mol. The van der Waals surface area contributed by atoms with Crippen molar-refractivity contribution >= 4 is 28.5 Å². The van der Waals surface area contributed by atoms with Crippen LogP contribution in [-0.2, 0) is 9.59 Å². The number of halogens is 1. The smallest absolute Gasteiger partial charge is 0.268 e. The molecule has 0 saturated heterocycles. The van der Waals surface area contributed by atoms with Gasteiger partial charge >= 0.3 is 0 Å². The van der Waals surface area contributed by atoms with Crippen LogP contribution in [0.1, 0.15) is 56.4 Å². The summed E-state index contributed by atoms with van der Waals surface area (Å²) in [6.45, 7) is 2.62. The molecule has 3 atom stereocenters. The average molecular weight is 457 g/mol. The van der Waals surface area contributed by atoms with Gasteiger partial charge in [-0.3, -0.25) is 14.4 Å². The lowest BCUT2D eigenvalue weighted by molar-refractivity contribution is -0.125. The molecule has 0 radical (unpaired) electrons. The molecule has 1 saturated carbocycles. The number of carbonyl (C=O) groups is 3. The molecule has 2 aromatic rings. The number of benzene rings is 1. The number of Topliss-reactive ketones (excluding diaryl/α,β-unsaturated/α-hetero) is 1. The number of alkyl halides is 1. The van der Waals surface area contributed by atoms with Crippen molar-refractivity contribution < 1.29 is 23.5 Å². The van der Waals surface area contributed by atoms with Crippen LogP contribution in [0.3, 0.4) is 0 Å². The number of H-pyrrole nitrogens is 1. The van der Waals surface area contributed by atoms with E-state index in [0.29, 0.717) is 29.5 Å². The van der Waals surface area contributed by atoms with Gasteiger partial charge in [-0.15, -0.1) is 0 Å². The van der Waals surface area contributed by atoms with Gasteiger partial charge in [-0.25, -0.2) is 4.39 Å². The third kappa shape index (κ3) is 6.09. The molecular formula is C24H29FN4O4. The predicted molar refractivity (Wildman–Crippen MR) is 120 cm³/mol. The molecule has 0 bridgehead atoms. The van der Waals surface area contributed by atoms with Gasteiger partial charge in [0.15, 0.2) is 0 Å². The second-order valence-corrected chi connectivity index (χ2v) is 9.03. The Morgan fingerprint density at radius 3 is 2.73 bits per heavy atom. The summed E-state index contributed by atoms with van der Waals surface area (Å²) in [5, 5.41) is 15.3. The number of nitrogens with one attached hydrogen (secondary N) is 3. The van der Waals surface area contributed by atoms with Crippen LogP contribution in [0.5, 0.6) is 5.75 Å². The first-order valence-electron chi connectivity index (χ1n) is 11.0. The first-order chi connectivity index (χ1) is 15.6. The summed E-state index contributed by atoms with van der Waals surface area (Å²) in [5.74, 6) is -0.840. The summed E-state index contributed by atoms with van der Waals surface area (Å²) < 4.78 is 19.8. The molecule has 0 aliphatic heterocycles. The third-order valence-corrected chi connectivity index (χ3v) is 5.82. The maximum Gasteiger partial charge on any atom is 0.268 e. The molecule has 9 heteroatoms. The first-order valence-corrected chi connectivity index (χ1v) is 11.0. The molecule has 1 fully saturated rings. The van der Waals surface area contributed by atoms with Gasteiger partial charge in [-0.05, 0) is 51.3 Å². The lowest BCUT2D eigenvalue weighted by Gasteiger charge is -2.25. The van der Waals surface area contributed by atoms with Gasteiger partial charge in [0.1, 0.15) is 35.0 Å². The van der Waals surface area contributed by atoms with E-state index in [9.17, 15) is 24.0 Å². The van der Waals surface area contributed by atoms with Gasteiger partial charge in [-0.1, -0.05) is 6.07 Å². The van der Waals surface area contributed by atoms with Gasteiger partial charge in [-0.2, -0.15) is 5.26 Å². The van der Waals surface area contributed by atoms with Crippen LogP contribution in [0.25, 0.3) is 10.9 Å². The Balaban J connectivity index is 1.74. The Hall–Kier alpha value is -3.41.